The lowest BCUT2D eigenvalue weighted by molar-refractivity contribution is 0.0958. The van der Waals surface area contributed by atoms with E-state index in [0.29, 0.717) is 18.7 Å². The summed E-state index contributed by atoms with van der Waals surface area (Å²) in [6.45, 7) is 11.5. The van der Waals surface area contributed by atoms with Crippen LogP contribution >= 0.6 is 0 Å². The molecule has 6 heteroatoms. The molecular weight excluding hydrogens is 326 g/mol. The van der Waals surface area contributed by atoms with E-state index in [0.717, 1.165) is 35.3 Å². The van der Waals surface area contributed by atoms with Crippen molar-refractivity contribution in [3.05, 3.63) is 34.7 Å². The lowest BCUT2D eigenvalue weighted by atomic mass is 10.0. The number of aromatic nitrogens is 3. The number of hydrogen-bond acceptors (Lipinski definition) is 4. The molecule has 0 radical (unpaired) electrons. The van der Waals surface area contributed by atoms with E-state index >= 15 is 0 Å². The number of rotatable bonds is 5. The Hall–Kier alpha value is -2.50. The highest BCUT2D eigenvalue weighted by Crippen LogP contribution is 2.22. The van der Waals surface area contributed by atoms with Crippen LogP contribution < -0.4 is 5.32 Å². The zero-order chi connectivity index (χ0) is 18.8. The molecule has 0 atom stereocenters. The number of hydrogen-bond donors (Lipinski definition) is 1. The summed E-state index contributed by atoms with van der Waals surface area (Å²) in [5, 5.41) is 8.30. The second-order valence-electron chi connectivity index (χ2n) is 7.23. The van der Waals surface area contributed by atoms with Crippen LogP contribution in [0.25, 0.3) is 11.0 Å². The van der Waals surface area contributed by atoms with Gasteiger partial charge in [0.2, 0.25) is 0 Å². The van der Waals surface area contributed by atoms with Crippen LogP contribution in [0, 0.1) is 0 Å². The summed E-state index contributed by atoms with van der Waals surface area (Å²) >= 11 is 0. The Labute approximate surface area is 154 Å². The number of aliphatic imine (C=N–C) groups is 1. The Bertz CT molecular complexity index is 904. The monoisotopic (exact) mass is 353 g/mol. The number of carbonyl (C=O) groups excluding carboxylic acids is 1. The maximum Gasteiger partial charge on any atom is 0.252 e. The Morgan fingerprint density at radius 3 is 2.77 bits per heavy atom. The largest absolute Gasteiger partial charge is 0.348 e. The molecule has 1 aliphatic rings. The molecule has 0 saturated carbocycles. The SMILES string of the molecule is CCc1cc(C(=O)NCC2=C(C)CC(C)=NC2)c2cnn(C(C)C)c2n1. The van der Waals surface area contributed by atoms with Gasteiger partial charge in [-0.1, -0.05) is 12.5 Å². The van der Waals surface area contributed by atoms with Gasteiger partial charge >= 0.3 is 0 Å². The quantitative estimate of drug-likeness (QED) is 0.837. The maximum absolute atomic E-state index is 12.9. The molecule has 138 valence electrons. The van der Waals surface area contributed by atoms with Gasteiger partial charge in [-0.05, 0) is 45.8 Å². The van der Waals surface area contributed by atoms with Gasteiger partial charge in [0.25, 0.3) is 5.91 Å². The third-order valence-corrected chi connectivity index (χ3v) is 4.84. The number of pyridine rings is 1. The minimum Gasteiger partial charge on any atom is -0.348 e. The second kappa shape index (κ2) is 7.40. The van der Waals surface area contributed by atoms with Crippen LogP contribution in [0.3, 0.4) is 0 Å². The summed E-state index contributed by atoms with van der Waals surface area (Å²) in [6.07, 6.45) is 3.42. The van der Waals surface area contributed by atoms with Crippen molar-refractivity contribution >= 4 is 22.7 Å². The molecule has 3 rings (SSSR count). The first-order valence-electron chi connectivity index (χ1n) is 9.23. The average molecular weight is 353 g/mol. The normalized spacial score (nSPS) is 14.9. The van der Waals surface area contributed by atoms with Gasteiger partial charge in [0.15, 0.2) is 5.65 Å². The molecule has 3 heterocycles. The van der Waals surface area contributed by atoms with Crippen molar-refractivity contribution in [2.75, 3.05) is 13.1 Å². The Morgan fingerprint density at radius 1 is 1.35 bits per heavy atom. The van der Waals surface area contributed by atoms with Gasteiger partial charge in [0.1, 0.15) is 0 Å². The zero-order valence-corrected chi connectivity index (χ0v) is 16.3. The molecule has 2 aromatic rings. The second-order valence-corrected chi connectivity index (χ2v) is 7.23. The summed E-state index contributed by atoms with van der Waals surface area (Å²) in [4.78, 5) is 22.1. The van der Waals surface area contributed by atoms with Crippen molar-refractivity contribution in [2.45, 2.75) is 53.5 Å². The Kier molecular flexibility index (Phi) is 5.20. The predicted molar refractivity (Wildman–Crippen MR) is 105 cm³/mol. The number of amides is 1. The minimum atomic E-state index is -0.0815. The molecule has 0 aliphatic carbocycles. The minimum absolute atomic E-state index is 0.0815. The molecule has 6 nitrogen and oxygen atoms in total. The fourth-order valence-corrected chi connectivity index (χ4v) is 3.24. The van der Waals surface area contributed by atoms with Gasteiger partial charge in [-0.2, -0.15) is 5.10 Å². The first-order chi connectivity index (χ1) is 12.4. The summed E-state index contributed by atoms with van der Waals surface area (Å²) in [5.41, 5.74) is 5.98. The molecule has 0 unspecified atom stereocenters. The maximum atomic E-state index is 12.9. The van der Waals surface area contributed by atoms with Crippen LogP contribution in [-0.2, 0) is 6.42 Å². The van der Waals surface area contributed by atoms with E-state index in [9.17, 15) is 4.79 Å². The van der Waals surface area contributed by atoms with Crippen molar-refractivity contribution in [3.63, 3.8) is 0 Å². The van der Waals surface area contributed by atoms with Gasteiger partial charge < -0.3 is 5.32 Å². The van der Waals surface area contributed by atoms with E-state index < -0.39 is 0 Å². The summed E-state index contributed by atoms with van der Waals surface area (Å²) in [6, 6.07) is 2.08. The first kappa shape index (κ1) is 18.3. The number of fused-ring (bicyclic) bond motifs is 1. The number of nitrogens with one attached hydrogen (secondary N) is 1. The lowest BCUT2D eigenvalue weighted by Crippen LogP contribution is -2.28. The third kappa shape index (κ3) is 3.54. The van der Waals surface area contributed by atoms with Crippen LogP contribution in [0.5, 0.6) is 0 Å². The van der Waals surface area contributed by atoms with E-state index in [2.05, 4.69) is 41.2 Å². The van der Waals surface area contributed by atoms with Crippen LogP contribution in [0.2, 0.25) is 0 Å². The van der Waals surface area contributed by atoms with Crippen molar-refractivity contribution in [1.29, 1.82) is 0 Å². The summed E-state index contributed by atoms with van der Waals surface area (Å²) in [7, 11) is 0. The predicted octanol–water partition coefficient (Wildman–Crippen LogP) is 3.49. The van der Waals surface area contributed by atoms with Gasteiger partial charge in [-0.3, -0.25) is 9.79 Å². The van der Waals surface area contributed by atoms with Crippen molar-refractivity contribution in [2.24, 2.45) is 4.99 Å². The zero-order valence-electron chi connectivity index (χ0n) is 16.3. The van der Waals surface area contributed by atoms with Gasteiger partial charge in [0, 0.05) is 30.4 Å². The van der Waals surface area contributed by atoms with Gasteiger partial charge in [-0.25, -0.2) is 9.67 Å². The van der Waals surface area contributed by atoms with E-state index in [4.69, 9.17) is 0 Å². The molecule has 1 amide bonds. The molecule has 1 aliphatic heterocycles. The fraction of sp³-hybridized carbons (Fsp3) is 0.500. The first-order valence-corrected chi connectivity index (χ1v) is 9.23. The summed E-state index contributed by atoms with van der Waals surface area (Å²) < 4.78 is 1.87. The van der Waals surface area contributed by atoms with E-state index in [1.807, 2.05) is 24.6 Å². The van der Waals surface area contributed by atoms with Crippen LogP contribution in [0.15, 0.2) is 28.4 Å². The Balaban J connectivity index is 1.87. The topological polar surface area (TPSA) is 72.2 Å². The number of aryl methyl sites for hydroxylation is 1. The smallest absolute Gasteiger partial charge is 0.252 e. The fourth-order valence-electron chi connectivity index (χ4n) is 3.24. The van der Waals surface area contributed by atoms with E-state index in [1.165, 1.54) is 11.1 Å². The number of carbonyl (C=O) groups is 1. The highest BCUT2D eigenvalue weighted by Gasteiger charge is 2.18. The Morgan fingerprint density at radius 2 is 2.12 bits per heavy atom. The molecule has 2 aromatic heterocycles. The third-order valence-electron chi connectivity index (χ3n) is 4.84. The van der Waals surface area contributed by atoms with Crippen LogP contribution in [0.4, 0.5) is 0 Å². The molecule has 0 bridgehead atoms. The highest BCUT2D eigenvalue weighted by atomic mass is 16.1. The van der Waals surface area contributed by atoms with Gasteiger partial charge in [0.05, 0.1) is 23.7 Å². The number of allylic oxidation sites excluding steroid dienone is 1. The van der Waals surface area contributed by atoms with Crippen molar-refractivity contribution in [3.8, 4) is 0 Å². The molecular formula is C20H27N5O. The highest BCUT2D eigenvalue weighted by molar-refractivity contribution is 6.05. The van der Waals surface area contributed by atoms with Crippen molar-refractivity contribution < 1.29 is 4.79 Å². The standard InChI is InChI=1S/C20H27N5O/c1-6-16-8-17(18-11-23-25(12(2)3)19(18)24-16)20(26)22-10-15-9-21-14(5)7-13(15)4/h8,11-12H,6-7,9-10H2,1-5H3,(H,22,26). The number of dihydropyridines is 1. The molecule has 0 spiro atoms. The summed E-state index contributed by atoms with van der Waals surface area (Å²) in [5.74, 6) is -0.0815. The van der Waals surface area contributed by atoms with Crippen LogP contribution in [-0.4, -0.2) is 39.5 Å². The molecule has 0 saturated heterocycles. The lowest BCUT2D eigenvalue weighted by Gasteiger charge is -2.17. The molecule has 26 heavy (non-hydrogen) atoms. The van der Waals surface area contributed by atoms with E-state index in [1.54, 1.807) is 6.20 Å². The average Bonchev–Trinajstić information content (AvgIpc) is 3.03. The van der Waals surface area contributed by atoms with Crippen molar-refractivity contribution in [1.82, 2.24) is 20.1 Å². The molecule has 0 fully saturated rings. The van der Waals surface area contributed by atoms with Crippen LogP contribution in [0.1, 0.15) is 63.1 Å². The van der Waals surface area contributed by atoms with E-state index in [-0.39, 0.29) is 11.9 Å². The number of nitrogens with zero attached hydrogens (tertiary/aromatic N) is 4. The molecule has 1 N–H and O–H groups in total. The molecule has 0 aromatic carbocycles. The van der Waals surface area contributed by atoms with Gasteiger partial charge in [-0.15, -0.1) is 0 Å².